The maximum Gasteiger partial charge on any atom is 0.123 e. The summed E-state index contributed by atoms with van der Waals surface area (Å²) < 4.78 is 13.0. The first-order valence-corrected chi connectivity index (χ1v) is 4.37. The first-order valence-electron chi connectivity index (χ1n) is 4.37. The number of hydrogen-bond acceptors (Lipinski definition) is 2. The zero-order valence-electron chi connectivity index (χ0n) is 8.01. The molecule has 0 amide bonds. The van der Waals surface area contributed by atoms with E-state index in [1.165, 1.54) is 12.1 Å². The Labute approximate surface area is 89.1 Å². The van der Waals surface area contributed by atoms with Gasteiger partial charge in [-0.15, -0.1) is 12.4 Å². The fourth-order valence-electron chi connectivity index (χ4n) is 1.62. The summed E-state index contributed by atoms with van der Waals surface area (Å²) in [7, 11) is 0. The van der Waals surface area contributed by atoms with E-state index < -0.39 is 0 Å². The molecule has 1 aromatic carbocycles. The maximum absolute atomic E-state index is 13.0. The topological polar surface area (TPSA) is 38.0 Å². The molecule has 1 aromatic rings. The second kappa shape index (κ2) is 3.85. The van der Waals surface area contributed by atoms with Crippen molar-refractivity contribution in [2.45, 2.75) is 12.5 Å². The summed E-state index contributed by atoms with van der Waals surface area (Å²) in [6.07, 6.45) is 0. The van der Waals surface area contributed by atoms with Gasteiger partial charge in [-0.25, -0.2) is 4.39 Å². The van der Waals surface area contributed by atoms with E-state index in [0.717, 1.165) is 24.2 Å². The Hall–Kier alpha value is -0.640. The first kappa shape index (κ1) is 11.4. The van der Waals surface area contributed by atoms with E-state index in [2.05, 4.69) is 5.32 Å². The number of aryl methyl sites for hydroxylation is 1. The summed E-state index contributed by atoms with van der Waals surface area (Å²) in [5, 5.41) is 3.09. The molecule has 1 heterocycles. The molecule has 0 aromatic heterocycles. The molecule has 1 saturated heterocycles. The number of halogens is 2. The van der Waals surface area contributed by atoms with Crippen LogP contribution in [0.1, 0.15) is 11.1 Å². The van der Waals surface area contributed by atoms with Crippen LogP contribution in [0.4, 0.5) is 4.39 Å². The predicted octanol–water partition coefficient (Wildman–Crippen LogP) is 1.31. The highest BCUT2D eigenvalue weighted by Gasteiger charge is 2.34. The average molecular weight is 217 g/mol. The van der Waals surface area contributed by atoms with Crippen molar-refractivity contribution < 1.29 is 4.39 Å². The molecule has 0 spiro atoms. The number of benzene rings is 1. The lowest BCUT2D eigenvalue weighted by molar-refractivity contribution is 0.286. The summed E-state index contributed by atoms with van der Waals surface area (Å²) >= 11 is 0. The van der Waals surface area contributed by atoms with Gasteiger partial charge in [0.1, 0.15) is 5.82 Å². The van der Waals surface area contributed by atoms with E-state index >= 15 is 0 Å². The lowest BCUT2D eigenvalue weighted by Crippen LogP contribution is -2.62. The van der Waals surface area contributed by atoms with Crippen LogP contribution in [0.5, 0.6) is 0 Å². The third kappa shape index (κ3) is 1.90. The smallest absolute Gasteiger partial charge is 0.123 e. The van der Waals surface area contributed by atoms with Gasteiger partial charge in [0.2, 0.25) is 0 Å². The number of rotatable bonds is 1. The molecule has 0 unspecified atom stereocenters. The summed E-state index contributed by atoms with van der Waals surface area (Å²) in [5.74, 6) is -0.202. The highest BCUT2D eigenvalue weighted by atomic mass is 35.5. The van der Waals surface area contributed by atoms with Crippen LogP contribution in [-0.4, -0.2) is 13.1 Å². The van der Waals surface area contributed by atoms with Gasteiger partial charge in [0, 0.05) is 13.1 Å². The standard InChI is InChI=1S/C10H13FN2.ClH/c1-7-2-8(4-9(11)3-7)10(12)5-13-6-10;/h2-4,13H,5-6,12H2,1H3;1H. The minimum Gasteiger partial charge on any atom is -0.319 e. The maximum atomic E-state index is 13.0. The monoisotopic (exact) mass is 216 g/mol. The van der Waals surface area contributed by atoms with Gasteiger partial charge in [-0.2, -0.15) is 0 Å². The predicted molar refractivity (Wildman–Crippen MR) is 57.1 cm³/mol. The minimum atomic E-state index is -0.354. The van der Waals surface area contributed by atoms with Crippen molar-refractivity contribution in [1.82, 2.24) is 5.32 Å². The Morgan fingerprint density at radius 1 is 1.36 bits per heavy atom. The van der Waals surface area contributed by atoms with E-state index in [1.54, 1.807) is 0 Å². The molecule has 3 N–H and O–H groups in total. The zero-order chi connectivity index (χ0) is 9.47. The van der Waals surface area contributed by atoms with Crippen LogP contribution >= 0.6 is 12.4 Å². The van der Waals surface area contributed by atoms with Gasteiger partial charge in [0.15, 0.2) is 0 Å². The van der Waals surface area contributed by atoms with E-state index in [1.807, 2.05) is 13.0 Å². The van der Waals surface area contributed by atoms with Crippen LogP contribution in [0.25, 0.3) is 0 Å². The molecule has 0 bridgehead atoms. The normalized spacial score (nSPS) is 18.2. The van der Waals surface area contributed by atoms with Crippen LogP contribution in [-0.2, 0) is 5.54 Å². The number of nitrogens with two attached hydrogens (primary N) is 1. The summed E-state index contributed by atoms with van der Waals surface area (Å²) in [4.78, 5) is 0. The zero-order valence-corrected chi connectivity index (χ0v) is 8.83. The van der Waals surface area contributed by atoms with Gasteiger partial charge < -0.3 is 11.1 Å². The summed E-state index contributed by atoms with van der Waals surface area (Å²) in [6, 6.07) is 4.98. The molecule has 1 aliphatic heterocycles. The lowest BCUT2D eigenvalue weighted by Gasteiger charge is -2.39. The van der Waals surface area contributed by atoms with Gasteiger partial charge >= 0.3 is 0 Å². The lowest BCUT2D eigenvalue weighted by atomic mass is 9.85. The Balaban J connectivity index is 0.000000980. The minimum absolute atomic E-state index is 0. The van der Waals surface area contributed by atoms with Gasteiger partial charge in [-0.05, 0) is 30.2 Å². The molecule has 2 nitrogen and oxygen atoms in total. The molecule has 0 saturated carbocycles. The third-order valence-electron chi connectivity index (χ3n) is 2.50. The SMILES string of the molecule is Cc1cc(F)cc(C2(N)CNC2)c1.Cl. The van der Waals surface area contributed by atoms with Crippen molar-refractivity contribution in [3.63, 3.8) is 0 Å². The molecular weight excluding hydrogens is 203 g/mol. The van der Waals surface area contributed by atoms with Crippen LogP contribution < -0.4 is 11.1 Å². The van der Waals surface area contributed by atoms with Crippen LogP contribution in [0.2, 0.25) is 0 Å². The molecule has 0 aliphatic carbocycles. The number of nitrogens with one attached hydrogen (secondary N) is 1. The van der Waals surface area contributed by atoms with Crippen LogP contribution in [0, 0.1) is 12.7 Å². The largest absolute Gasteiger partial charge is 0.319 e. The fourth-order valence-corrected chi connectivity index (χ4v) is 1.62. The van der Waals surface area contributed by atoms with Crippen LogP contribution in [0.15, 0.2) is 18.2 Å². The second-order valence-corrected chi connectivity index (χ2v) is 3.78. The molecule has 1 fully saturated rings. The summed E-state index contributed by atoms with van der Waals surface area (Å²) in [5.41, 5.74) is 7.49. The third-order valence-corrected chi connectivity index (χ3v) is 2.50. The van der Waals surface area contributed by atoms with Crippen LogP contribution in [0.3, 0.4) is 0 Å². The molecule has 0 radical (unpaired) electrons. The highest BCUT2D eigenvalue weighted by Crippen LogP contribution is 2.24. The van der Waals surface area contributed by atoms with Crippen molar-refractivity contribution in [2.75, 3.05) is 13.1 Å². The van der Waals surface area contributed by atoms with E-state index in [0.29, 0.717) is 0 Å². The Bertz CT molecular complexity index is 317. The number of hydrogen-bond donors (Lipinski definition) is 2. The molecule has 14 heavy (non-hydrogen) atoms. The van der Waals surface area contributed by atoms with Crippen molar-refractivity contribution in [1.29, 1.82) is 0 Å². The second-order valence-electron chi connectivity index (χ2n) is 3.78. The Morgan fingerprint density at radius 2 is 2.00 bits per heavy atom. The fraction of sp³-hybridized carbons (Fsp3) is 0.400. The Morgan fingerprint density at radius 3 is 2.43 bits per heavy atom. The molecule has 0 atom stereocenters. The first-order chi connectivity index (χ1) is 6.10. The summed E-state index contributed by atoms with van der Waals surface area (Å²) in [6.45, 7) is 3.34. The van der Waals surface area contributed by atoms with Crippen molar-refractivity contribution in [3.05, 3.63) is 35.1 Å². The van der Waals surface area contributed by atoms with Crippen molar-refractivity contribution in [3.8, 4) is 0 Å². The molecule has 4 heteroatoms. The molecule has 1 aliphatic rings. The molecule has 78 valence electrons. The van der Waals surface area contributed by atoms with Gasteiger partial charge in [-0.1, -0.05) is 6.07 Å². The van der Waals surface area contributed by atoms with E-state index in [9.17, 15) is 4.39 Å². The Kier molecular flexibility index (Phi) is 3.14. The van der Waals surface area contributed by atoms with E-state index in [-0.39, 0.29) is 23.8 Å². The van der Waals surface area contributed by atoms with Gasteiger partial charge in [0.25, 0.3) is 0 Å². The van der Waals surface area contributed by atoms with Crippen molar-refractivity contribution in [2.24, 2.45) is 5.73 Å². The van der Waals surface area contributed by atoms with Crippen molar-refractivity contribution >= 4 is 12.4 Å². The van der Waals surface area contributed by atoms with Gasteiger partial charge in [0.05, 0.1) is 5.54 Å². The highest BCUT2D eigenvalue weighted by molar-refractivity contribution is 5.85. The van der Waals surface area contributed by atoms with E-state index in [4.69, 9.17) is 5.73 Å². The average Bonchev–Trinajstić information content (AvgIpc) is 1.98. The molecule has 2 rings (SSSR count). The van der Waals surface area contributed by atoms with Gasteiger partial charge in [-0.3, -0.25) is 0 Å². The molecular formula is C10H14ClFN2. The quantitative estimate of drug-likeness (QED) is 0.743.